The van der Waals surface area contributed by atoms with Crippen molar-refractivity contribution in [2.75, 3.05) is 11.3 Å². The van der Waals surface area contributed by atoms with Gasteiger partial charge in [0.1, 0.15) is 22.3 Å². The molecule has 0 aliphatic carbocycles. The maximum Gasteiger partial charge on any atom is 0.264 e. The van der Waals surface area contributed by atoms with Gasteiger partial charge in [0.2, 0.25) is 0 Å². The second kappa shape index (κ2) is 7.36. The molecule has 0 unspecified atom stereocenters. The molecule has 1 heterocycles. The summed E-state index contributed by atoms with van der Waals surface area (Å²) in [6, 6.07) is 13.1. The number of nitrogens with zero attached hydrogens (tertiary/aromatic N) is 1. The highest BCUT2D eigenvalue weighted by atomic mass is 32.2. The van der Waals surface area contributed by atoms with E-state index in [-0.39, 0.29) is 11.5 Å². The quantitative estimate of drug-likeness (QED) is 0.690. The fraction of sp³-hybridized carbons (Fsp3) is 0.0952. The predicted molar refractivity (Wildman–Crippen MR) is 104 cm³/mol. The predicted octanol–water partition coefficient (Wildman–Crippen LogP) is 4.30. The lowest BCUT2D eigenvalue weighted by Crippen LogP contribution is -2.17. The number of halogens is 3. The average Bonchev–Trinajstić information content (AvgIpc) is 2.69. The van der Waals surface area contributed by atoms with Gasteiger partial charge in [-0.25, -0.2) is 21.6 Å². The van der Waals surface area contributed by atoms with Gasteiger partial charge in [-0.3, -0.25) is 9.71 Å². The molecule has 4 rings (SSSR count). The van der Waals surface area contributed by atoms with Crippen LogP contribution in [-0.2, 0) is 16.4 Å². The van der Waals surface area contributed by atoms with Crippen molar-refractivity contribution >= 4 is 21.4 Å². The van der Waals surface area contributed by atoms with Crippen molar-refractivity contribution in [2.24, 2.45) is 4.99 Å². The molecular formula is C21H15F3N2O2S. The minimum Gasteiger partial charge on any atom is -0.284 e. The zero-order valence-corrected chi connectivity index (χ0v) is 15.8. The molecule has 3 aromatic carbocycles. The van der Waals surface area contributed by atoms with Crippen molar-refractivity contribution in [3.05, 3.63) is 94.8 Å². The molecular weight excluding hydrogens is 401 g/mol. The fourth-order valence-corrected chi connectivity index (χ4v) is 4.38. The second-order valence-electron chi connectivity index (χ2n) is 6.54. The molecule has 0 saturated carbocycles. The van der Waals surface area contributed by atoms with Crippen LogP contribution in [0.1, 0.15) is 16.7 Å². The number of rotatable bonds is 4. The first-order chi connectivity index (χ1) is 13.8. The standard InChI is InChI=1S/C21H15F3N2O2S/c22-15-4-6-18-13(10-15)8-9-25-21(18)14-2-1-3-17(11-14)26-29(27,28)20-12-16(23)5-7-19(20)24/h1-7,10-12,26H,8-9H2. The van der Waals surface area contributed by atoms with Crippen LogP contribution in [-0.4, -0.2) is 20.7 Å². The minimum absolute atomic E-state index is 0.170. The third kappa shape index (κ3) is 3.88. The van der Waals surface area contributed by atoms with Crippen molar-refractivity contribution < 1.29 is 21.6 Å². The molecule has 29 heavy (non-hydrogen) atoms. The lowest BCUT2D eigenvalue weighted by atomic mass is 9.93. The van der Waals surface area contributed by atoms with E-state index >= 15 is 0 Å². The Morgan fingerprint density at radius 3 is 2.48 bits per heavy atom. The molecule has 3 aromatic rings. The SMILES string of the molecule is O=S(=O)(Nc1cccc(C2=NCCc3cc(F)ccc32)c1)c1cc(F)ccc1F. The molecule has 1 aliphatic heterocycles. The van der Waals surface area contributed by atoms with Gasteiger partial charge in [-0.15, -0.1) is 0 Å². The van der Waals surface area contributed by atoms with Gasteiger partial charge < -0.3 is 0 Å². The second-order valence-corrected chi connectivity index (χ2v) is 8.19. The number of aliphatic imine (C=N–C) groups is 1. The third-order valence-electron chi connectivity index (χ3n) is 4.54. The molecule has 0 amide bonds. The van der Waals surface area contributed by atoms with Crippen molar-refractivity contribution in [2.45, 2.75) is 11.3 Å². The highest BCUT2D eigenvalue weighted by molar-refractivity contribution is 7.92. The zero-order chi connectivity index (χ0) is 20.6. The normalized spacial score (nSPS) is 13.6. The van der Waals surface area contributed by atoms with E-state index in [1.807, 2.05) is 0 Å². The highest BCUT2D eigenvalue weighted by Crippen LogP contribution is 2.25. The molecule has 0 aromatic heterocycles. The van der Waals surface area contributed by atoms with Crippen LogP contribution in [0.2, 0.25) is 0 Å². The van der Waals surface area contributed by atoms with Crippen molar-refractivity contribution in [1.29, 1.82) is 0 Å². The van der Waals surface area contributed by atoms with Gasteiger partial charge in [0, 0.05) is 23.4 Å². The van der Waals surface area contributed by atoms with Crippen LogP contribution in [0, 0.1) is 17.5 Å². The van der Waals surface area contributed by atoms with Crippen LogP contribution in [0.5, 0.6) is 0 Å². The van der Waals surface area contributed by atoms with Crippen LogP contribution < -0.4 is 4.72 Å². The van der Waals surface area contributed by atoms with Crippen LogP contribution in [0.15, 0.2) is 70.6 Å². The number of nitrogens with one attached hydrogen (secondary N) is 1. The van der Waals surface area contributed by atoms with Crippen molar-refractivity contribution in [3.63, 3.8) is 0 Å². The van der Waals surface area contributed by atoms with Gasteiger partial charge in [0.05, 0.1) is 5.71 Å². The van der Waals surface area contributed by atoms with Gasteiger partial charge in [-0.1, -0.05) is 12.1 Å². The number of anilines is 1. The van der Waals surface area contributed by atoms with E-state index in [2.05, 4.69) is 9.71 Å². The molecule has 8 heteroatoms. The number of sulfonamides is 1. The Morgan fingerprint density at radius 2 is 1.66 bits per heavy atom. The van der Waals surface area contributed by atoms with Crippen LogP contribution in [0.25, 0.3) is 0 Å². The molecule has 0 radical (unpaired) electrons. The molecule has 0 atom stereocenters. The van der Waals surface area contributed by atoms with E-state index in [1.54, 1.807) is 24.3 Å². The van der Waals surface area contributed by atoms with E-state index in [1.165, 1.54) is 18.2 Å². The Kier molecular flexibility index (Phi) is 4.87. The fourth-order valence-electron chi connectivity index (χ4n) is 3.24. The average molecular weight is 416 g/mol. The molecule has 1 aliphatic rings. The lowest BCUT2D eigenvalue weighted by Gasteiger charge is -2.18. The number of benzene rings is 3. The van der Waals surface area contributed by atoms with E-state index in [0.29, 0.717) is 30.3 Å². The van der Waals surface area contributed by atoms with Gasteiger partial charge >= 0.3 is 0 Å². The maximum absolute atomic E-state index is 13.9. The van der Waals surface area contributed by atoms with Crippen LogP contribution in [0.4, 0.5) is 18.9 Å². The molecule has 0 spiro atoms. The first kappa shape index (κ1) is 19.2. The van der Waals surface area contributed by atoms with Crippen molar-refractivity contribution in [1.82, 2.24) is 0 Å². The third-order valence-corrected chi connectivity index (χ3v) is 5.94. The van der Waals surface area contributed by atoms with E-state index < -0.39 is 26.6 Å². The van der Waals surface area contributed by atoms with Gasteiger partial charge in [0.15, 0.2) is 0 Å². The van der Waals surface area contributed by atoms with Crippen molar-refractivity contribution in [3.8, 4) is 0 Å². The topological polar surface area (TPSA) is 58.5 Å². The van der Waals surface area contributed by atoms with Crippen LogP contribution >= 0.6 is 0 Å². The molecule has 0 bridgehead atoms. The first-order valence-corrected chi connectivity index (χ1v) is 10.2. The summed E-state index contributed by atoms with van der Waals surface area (Å²) in [5, 5.41) is 0. The molecule has 0 saturated heterocycles. The Labute approximate surface area is 165 Å². The highest BCUT2D eigenvalue weighted by Gasteiger charge is 2.21. The number of hydrogen-bond acceptors (Lipinski definition) is 3. The molecule has 0 fully saturated rings. The Balaban J connectivity index is 1.69. The maximum atomic E-state index is 13.9. The van der Waals surface area contributed by atoms with Gasteiger partial charge in [0.25, 0.3) is 10.0 Å². The summed E-state index contributed by atoms with van der Waals surface area (Å²) in [5.41, 5.74) is 3.00. The van der Waals surface area contributed by atoms with E-state index in [0.717, 1.165) is 23.3 Å². The Hall–Kier alpha value is -3.13. The monoisotopic (exact) mass is 416 g/mol. The van der Waals surface area contributed by atoms with Gasteiger partial charge in [-0.2, -0.15) is 0 Å². The summed E-state index contributed by atoms with van der Waals surface area (Å²) >= 11 is 0. The number of fused-ring (bicyclic) bond motifs is 1. The van der Waals surface area contributed by atoms with Crippen LogP contribution in [0.3, 0.4) is 0 Å². The smallest absolute Gasteiger partial charge is 0.264 e. The Bertz CT molecular complexity index is 1240. The van der Waals surface area contributed by atoms with E-state index in [9.17, 15) is 21.6 Å². The summed E-state index contributed by atoms with van der Waals surface area (Å²) in [4.78, 5) is 3.72. The van der Waals surface area contributed by atoms with Gasteiger partial charge in [-0.05, 0) is 60.5 Å². The molecule has 148 valence electrons. The molecule has 4 nitrogen and oxygen atoms in total. The largest absolute Gasteiger partial charge is 0.284 e. The summed E-state index contributed by atoms with van der Waals surface area (Å²) in [6.45, 7) is 0.482. The number of hydrogen-bond donors (Lipinski definition) is 1. The lowest BCUT2D eigenvalue weighted by molar-refractivity contribution is 0.555. The summed E-state index contributed by atoms with van der Waals surface area (Å²) in [7, 11) is -4.33. The van der Waals surface area contributed by atoms with E-state index in [4.69, 9.17) is 0 Å². The summed E-state index contributed by atoms with van der Waals surface area (Å²) < 4.78 is 68.1. The molecule has 1 N–H and O–H groups in total. The zero-order valence-electron chi connectivity index (χ0n) is 15.0. The summed E-state index contributed by atoms with van der Waals surface area (Å²) in [5.74, 6) is -2.24. The Morgan fingerprint density at radius 1 is 0.897 bits per heavy atom. The first-order valence-electron chi connectivity index (χ1n) is 8.75. The minimum atomic E-state index is -4.33. The summed E-state index contributed by atoms with van der Waals surface area (Å²) in [6.07, 6.45) is 0.613.